The molecule has 3 heteroatoms. The lowest BCUT2D eigenvalue weighted by Crippen LogP contribution is -2.14. The predicted molar refractivity (Wildman–Crippen MR) is 65.0 cm³/mol. The highest BCUT2D eigenvalue weighted by molar-refractivity contribution is 9.10. The van der Waals surface area contributed by atoms with Crippen molar-refractivity contribution in [2.75, 3.05) is 7.05 Å². The predicted octanol–water partition coefficient (Wildman–Crippen LogP) is 2.77. The molecule has 0 aliphatic carbocycles. The summed E-state index contributed by atoms with van der Waals surface area (Å²) in [6.07, 6.45) is 1.77. The van der Waals surface area contributed by atoms with Gasteiger partial charge in [-0.15, -0.1) is 0 Å². The van der Waals surface area contributed by atoms with E-state index in [9.17, 15) is 0 Å². The van der Waals surface area contributed by atoms with Gasteiger partial charge in [-0.05, 0) is 42.7 Å². The van der Waals surface area contributed by atoms with Gasteiger partial charge >= 0.3 is 0 Å². The minimum Gasteiger partial charge on any atom is -0.319 e. The van der Waals surface area contributed by atoms with Crippen molar-refractivity contribution in [3.63, 3.8) is 0 Å². The number of halogens is 1. The Morgan fingerprint density at radius 3 is 2.29 bits per heavy atom. The van der Waals surface area contributed by atoms with E-state index < -0.39 is 0 Å². The molecule has 1 aromatic carbocycles. The number of aliphatic imine (C=N–C) groups is 1. The van der Waals surface area contributed by atoms with Crippen molar-refractivity contribution in [1.82, 2.24) is 0 Å². The Kier molecular flexibility index (Phi) is 3.84. The quantitative estimate of drug-likeness (QED) is 0.811. The van der Waals surface area contributed by atoms with Gasteiger partial charge in [0.25, 0.3) is 0 Å². The smallest absolute Gasteiger partial charge is 0.0656 e. The van der Waals surface area contributed by atoms with Gasteiger partial charge in [-0.1, -0.05) is 15.9 Å². The summed E-state index contributed by atoms with van der Waals surface area (Å²) in [7, 11) is 1.74. The second-order valence-electron chi connectivity index (χ2n) is 3.39. The van der Waals surface area contributed by atoms with Crippen molar-refractivity contribution in [2.45, 2.75) is 19.9 Å². The van der Waals surface area contributed by atoms with Crippen LogP contribution in [0.15, 0.2) is 21.6 Å². The fourth-order valence-electron chi connectivity index (χ4n) is 1.68. The molecule has 1 unspecified atom stereocenters. The molecule has 76 valence electrons. The van der Waals surface area contributed by atoms with Crippen LogP contribution < -0.4 is 5.73 Å². The average Bonchev–Trinajstić information content (AvgIpc) is 2.01. The molecule has 0 aliphatic heterocycles. The third-order valence-electron chi connectivity index (χ3n) is 2.20. The maximum Gasteiger partial charge on any atom is 0.0656 e. The highest BCUT2D eigenvalue weighted by Gasteiger charge is 2.10. The van der Waals surface area contributed by atoms with Crippen LogP contribution in [0, 0.1) is 13.8 Å². The maximum absolute atomic E-state index is 5.99. The molecular formula is C11H15BrN2. The molecule has 0 saturated carbocycles. The fraction of sp³-hybridized carbons (Fsp3) is 0.364. The van der Waals surface area contributed by atoms with Crippen molar-refractivity contribution in [2.24, 2.45) is 10.7 Å². The van der Waals surface area contributed by atoms with Crippen molar-refractivity contribution in [3.05, 3.63) is 33.3 Å². The van der Waals surface area contributed by atoms with Gasteiger partial charge in [0.15, 0.2) is 0 Å². The van der Waals surface area contributed by atoms with Gasteiger partial charge in [0.2, 0.25) is 0 Å². The molecule has 0 bridgehead atoms. The van der Waals surface area contributed by atoms with E-state index in [1.54, 1.807) is 13.3 Å². The molecule has 1 aromatic rings. The molecule has 0 aliphatic rings. The summed E-state index contributed by atoms with van der Waals surface area (Å²) in [5.74, 6) is 0. The van der Waals surface area contributed by atoms with Crippen LogP contribution in [0.2, 0.25) is 0 Å². The molecule has 1 atom stereocenters. The Morgan fingerprint density at radius 2 is 1.86 bits per heavy atom. The number of aryl methyl sites for hydroxylation is 2. The van der Waals surface area contributed by atoms with E-state index in [4.69, 9.17) is 5.73 Å². The highest BCUT2D eigenvalue weighted by atomic mass is 79.9. The zero-order valence-corrected chi connectivity index (χ0v) is 10.3. The van der Waals surface area contributed by atoms with E-state index >= 15 is 0 Å². The molecule has 0 aromatic heterocycles. The summed E-state index contributed by atoms with van der Waals surface area (Å²) < 4.78 is 1.09. The summed E-state index contributed by atoms with van der Waals surface area (Å²) in [5, 5.41) is 0. The molecule has 14 heavy (non-hydrogen) atoms. The Morgan fingerprint density at radius 1 is 1.36 bits per heavy atom. The first-order valence-electron chi connectivity index (χ1n) is 4.50. The molecule has 0 saturated heterocycles. The molecule has 0 fully saturated rings. The molecule has 0 heterocycles. The molecular weight excluding hydrogens is 240 g/mol. The van der Waals surface area contributed by atoms with Gasteiger partial charge in [-0.3, -0.25) is 4.99 Å². The molecule has 0 amide bonds. The van der Waals surface area contributed by atoms with Gasteiger partial charge in [0, 0.05) is 17.7 Å². The number of nitrogens with zero attached hydrogens (tertiary/aromatic N) is 1. The SMILES string of the molecule is C/N=C/C(N)c1c(C)cc(Br)cc1C. The average molecular weight is 255 g/mol. The molecule has 0 spiro atoms. The fourth-order valence-corrected chi connectivity index (χ4v) is 2.37. The highest BCUT2D eigenvalue weighted by Crippen LogP contribution is 2.24. The van der Waals surface area contributed by atoms with Gasteiger partial charge < -0.3 is 5.73 Å². The van der Waals surface area contributed by atoms with Crippen LogP contribution in [0.5, 0.6) is 0 Å². The van der Waals surface area contributed by atoms with E-state index in [2.05, 4.69) is 46.9 Å². The lowest BCUT2D eigenvalue weighted by Gasteiger charge is -2.14. The van der Waals surface area contributed by atoms with Crippen LogP contribution in [0.1, 0.15) is 22.7 Å². The zero-order valence-electron chi connectivity index (χ0n) is 8.71. The monoisotopic (exact) mass is 254 g/mol. The van der Waals surface area contributed by atoms with Gasteiger partial charge in [-0.2, -0.15) is 0 Å². The Balaban J connectivity index is 3.20. The van der Waals surface area contributed by atoms with E-state index in [1.165, 1.54) is 16.7 Å². The van der Waals surface area contributed by atoms with Crippen LogP contribution in [0.25, 0.3) is 0 Å². The van der Waals surface area contributed by atoms with Crippen molar-refractivity contribution in [1.29, 1.82) is 0 Å². The van der Waals surface area contributed by atoms with E-state index in [-0.39, 0.29) is 6.04 Å². The molecule has 2 nitrogen and oxygen atoms in total. The lowest BCUT2D eigenvalue weighted by atomic mass is 9.97. The third-order valence-corrected chi connectivity index (χ3v) is 2.66. The summed E-state index contributed by atoms with van der Waals surface area (Å²) in [4.78, 5) is 3.95. The second-order valence-corrected chi connectivity index (χ2v) is 4.30. The van der Waals surface area contributed by atoms with E-state index in [0.29, 0.717) is 0 Å². The van der Waals surface area contributed by atoms with Crippen LogP contribution in [0.3, 0.4) is 0 Å². The number of rotatable bonds is 2. The van der Waals surface area contributed by atoms with Gasteiger partial charge in [0.1, 0.15) is 0 Å². The molecule has 2 N–H and O–H groups in total. The lowest BCUT2D eigenvalue weighted by molar-refractivity contribution is 0.947. The number of hydrogen-bond donors (Lipinski definition) is 1. The topological polar surface area (TPSA) is 38.4 Å². The second kappa shape index (κ2) is 4.71. The Labute approximate surface area is 93.4 Å². The van der Waals surface area contributed by atoms with Crippen LogP contribution in [-0.2, 0) is 0 Å². The normalized spacial score (nSPS) is 13.5. The first kappa shape index (κ1) is 11.4. The first-order chi connectivity index (χ1) is 6.56. The molecule has 0 radical (unpaired) electrons. The minimum absolute atomic E-state index is 0.104. The standard InChI is InChI=1S/C11H15BrN2/c1-7-4-9(12)5-8(2)11(7)10(13)6-14-3/h4-6,10H,13H2,1-3H3/b14-6+. The summed E-state index contributed by atoms with van der Waals surface area (Å²) in [6, 6.07) is 4.05. The summed E-state index contributed by atoms with van der Waals surface area (Å²) in [5.41, 5.74) is 9.56. The Hall–Kier alpha value is -0.670. The van der Waals surface area contributed by atoms with Gasteiger partial charge in [0.05, 0.1) is 6.04 Å². The van der Waals surface area contributed by atoms with Crippen LogP contribution >= 0.6 is 15.9 Å². The summed E-state index contributed by atoms with van der Waals surface area (Å²) in [6.45, 7) is 4.13. The zero-order chi connectivity index (χ0) is 10.7. The first-order valence-corrected chi connectivity index (χ1v) is 5.30. The van der Waals surface area contributed by atoms with E-state index in [0.717, 1.165) is 4.47 Å². The van der Waals surface area contributed by atoms with Crippen molar-refractivity contribution >= 4 is 22.1 Å². The van der Waals surface area contributed by atoms with E-state index in [1.807, 2.05) is 0 Å². The van der Waals surface area contributed by atoms with Crippen molar-refractivity contribution < 1.29 is 0 Å². The third kappa shape index (κ3) is 2.42. The number of benzene rings is 1. The largest absolute Gasteiger partial charge is 0.319 e. The van der Waals surface area contributed by atoms with Gasteiger partial charge in [-0.25, -0.2) is 0 Å². The number of nitrogens with two attached hydrogens (primary N) is 1. The minimum atomic E-state index is -0.104. The van der Waals surface area contributed by atoms with Crippen molar-refractivity contribution in [3.8, 4) is 0 Å². The van der Waals surface area contributed by atoms with Crippen LogP contribution in [0.4, 0.5) is 0 Å². The molecule has 1 rings (SSSR count). The maximum atomic E-state index is 5.99. The Bertz CT molecular complexity index is 335. The summed E-state index contributed by atoms with van der Waals surface area (Å²) >= 11 is 3.46. The van der Waals surface area contributed by atoms with Crippen LogP contribution in [-0.4, -0.2) is 13.3 Å². The number of hydrogen-bond acceptors (Lipinski definition) is 2.